The zero-order chi connectivity index (χ0) is 14.7. The zero-order valence-electron chi connectivity index (χ0n) is 12.2. The van der Waals surface area contributed by atoms with E-state index in [9.17, 15) is 0 Å². The fourth-order valence-electron chi connectivity index (χ4n) is 2.71. The Morgan fingerprint density at radius 1 is 1.43 bits per heavy atom. The van der Waals surface area contributed by atoms with Gasteiger partial charge in [0.2, 0.25) is 0 Å². The van der Waals surface area contributed by atoms with Gasteiger partial charge in [-0.15, -0.1) is 0 Å². The van der Waals surface area contributed by atoms with E-state index in [1.165, 1.54) is 11.9 Å². The number of hydrogen-bond donors (Lipinski definition) is 1. The summed E-state index contributed by atoms with van der Waals surface area (Å²) in [6, 6.07) is -0.186. The van der Waals surface area contributed by atoms with E-state index in [1.807, 2.05) is 0 Å². The number of nitrogens with zero attached hydrogens (tertiary/aromatic N) is 4. The molecule has 0 fully saturated rings. The van der Waals surface area contributed by atoms with Gasteiger partial charge in [0.25, 0.3) is 0 Å². The van der Waals surface area contributed by atoms with E-state index in [-0.39, 0.29) is 6.04 Å². The van der Waals surface area contributed by atoms with Crippen molar-refractivity contribution in [1.82, 2.24) is 5.32 Å². The summed E-state index contributed by atoms with van der Waals surface area (Å²) >= 11 is 0. The lowest BCUT2D eigenvalue weighted by Crippen LogP contribution is -2.40. The largest absolute Gasteiger partial charge is 0.353 e. The first kappa shape index (κ1) is 14.1. The van der Waals surface area contributed by atoms with Crippen LogP contribution in [0.3, 0.4) is 0 Å². The van der Waals surface area contributed by atoms with E-state index in [1.54, 1.807) is 20.6 Å². The van der Waals surface area contributed by atoms with E-state index in [2.05, 4.69) is 31.4 Å². The van der Waals surface area contributed by atoms with Crippen molar-refractivity contribution < 1.29 is 9.47 Å². The molecule has 2 heterocycles. The molecule has 1 aliphatic carbocycles. The minimum absolute atomic E-state index is 0.186. The van der Waals surface area contributed by atoms with Gasteiger partial charge in [0.1, 0.15) is 12.2 Å². The minimum atomic E-state index is -0.514. The molecule has 7 nitrogen and oxygen atoms in total. The third kappa shape index (κ3) is 2.79. The van der Waals surface area contributed by atoms with E-state index in [0.29, 0.717) is 12.4 Å². The van der Waals surface area contributed by atoms with Crippen LogP contribution in [0.2, 0.25) is 0 Å². The molecule has 21 heavy (non-hydrogen) atoms. The van der Waals surface area contributed by atoms with Crippen LogP contribution >= 0.6 is 0 Å². The molecular weight excluding hydrogens is 270 g/mol. The van der Waals surface area contributed by atoms with Crippen molar-refractivity contribution in [2.24, 2.45) is 20.0 Å². The Bertz CT molecular complexity index is 558. The predicted octanol–water partition coefficient (Wildman–Crippen LogP) is 0.925. The third-order valence-corrected chi connectivity index (χ3v) is 3.97. The maximum Gasteiger partial charge on any atom is 0.171 e. The summed E-state index contributed by atoms with van der Waals surface area (Å²) in [5, 5.41) is 2.98. The van der Waals surface area contributed by atoms with Crippen LogP contribution < -0.4 is 5.32 Å². The topological polar surface area (TPSA) is 79.9 Å². The van der Waals surface area contributed by atoms with Gasteiger partial charge in [0.05, 0.1) is 12.9 Å². The molecule has 3 rings (SSSR count). The smallest absolute Gasteiger partial charge is 0.171 e. The number of nitrogens with one attached hydrogen (secondary N) is 1. The first-order valence-electron chi connectivity index (χ1n) is 6.97. The van der Waals surface area contributed by atoms with Gasteiger partial charge in [0.15, 0.2) is 17.7 Å². The number of ether oxygens (including phenoxy) is 2. The lowest BCUT2D eigenvalue weighted by Gasteiger charge is -2.34. The molecule has 0 aromatic carbocycles. The number of aliphatic imine (C=N–C) groups is 4. The van der Waals surface area contributed by atoms with Crippen LogP contribution in [0.4, 0.5) is 0 Å². The van der Waals surface area contributed by atoms with Crippen LogP contribution in [-0.4, -0.2) is 56.9 Å². The molecule has 0 aromatic rings. The first-order chi connectivity index (χ1) is 10.3. The van der Waals surface area contributed by atoms with Crippen molar-refractivity contribution >= 4 is 24.3 Å². The highest BCUT2D eigenvalue weighted by molar-refractivity contribution is 6.21. The Morgan fingerprint density at radius 3 is 3.10 bits per heavy atom. The Morgan fingerprint density at radius 2 is 2.29 bits per heavy atom. The summed E-state index contributed by atoms with van der Waals surface area (Å²) in [6.07, 6.45) is 7.88. The second-order valence-electron chi connectivity index (χ2n) is 5.16. The number of hydrogen-bond acceptors (Lipinski definition) is 6. The van der Waals surface area contributed by atoms with Crippen LogP contribution in [0.5, 0.6) is 0 Å². The van der Waals surface area contributed by atoms with Crippen molar-refractivity contribution in [2.45, 2.75) is 31.1 Å². The van der Waals surface area contributed by atoms with E-state index in [0.717, 1.165) is 25.1 Å². The van der Waals surface area contributed by atoms with Gasteiger partial charge in [-0.25, -0.2) is 9.98 Å². The van der Waals surface area contributed by atoms with Crippen molar-refractivity contribution in [1.29, 1.82) is 0 Å². The SMILES string of the molecule is COC1(OC)CCC=C(CN=C2N=CNC3=NC=NC23)C1. The summed E-state index contributed by atoms with van der Waals surface area (Å²) in [7, 11) is 3.37. The molecule has 112 valence electrons. The Hall–Kier alpha value is -1.86. The van der Waals surface area contributed by atoms with Gasteiger partial charge in [-0.05, 0) is 12.0 Å². The fraction of sp³-hybridized carbons (Fsp3) is 0.571. The number of methoxy groups -OCH3 is 2. The fourth-order valence-corrected chi connectivity index (χ4v) is 2.71. The molecule has 0 spiro atoms. The number of rotatable bonds is 4. The number of amidine groups is 2. The quantitative estimate of drug-likeness (QED) is 0.617. The normalized spacial score (nSPS) is 28.1. The van der Waals surface area contributed by atoms with Crippen molar-refractivity contribution in [3.63, 3.8) is 0 Å². The van der Waals surface area contributed by atoms with Gasteiger partial charge >= 0.3 is 0 Å². The maximum atomic E-state index is 5.53. The molecular formula is C14H19N5O2. The molecule has 0 saturated carbocycles. The van der Waals surface area contributed by atoms with Crippen molar-refractivity contribution in [3.8, 4) is 0 Å². The molecule has 1 unspecified atom stereocenters. The molecule has 0 radical (unpaired) electrons. The van der Waals surface area contributed by atoms with Gasteiger partial charge in [-0.1, -0.05) is 6.08 Å². The van der Waals surface area contributed by atoms with E-state index in [4.69, 9.17) is 9.47 Å². The average Bonchev–Trinajstić information content (AvgIpc) is 3.02. The minimum Gasteiger partial charge on any atom is -0.353 e. The Kier molecular flexibility index (Phi) is 3.94. The van der Waals surface area contributed by atoms with E-state index < -0.39 is 5.79 Å². The molecule has 2 aliphatic heterocycles. The summed E-state index contributed by atoms with van der Waals surface area (Å²) in [5.41, 5.74) is 1.20. The maximum absolute atomic E-state index is 5.53. The first-order valence-corrected chi connectivity index (χ1v) is 6.97. The zero-order valence-corrected chi connectivity index (χ0v) is 12.2. The Balaban J connectivity index is 1.70. The molecule has 1 N–H and O–H groups in total. The van der Waals surface area contributed by atoms with Crippen LogP contribution in [-0.2, 0) is 9.47 Å². The van der Waals surface area contributed by atoms with E-state index >= 15 is 0 Å². The molecule has 0 saturated heterocycles. The van der Waals surface area contributed by atoms with Crippen LogP contribution in [0, 0.1) is 0 Å². The average molecular weight is 289 g/mol. The van der Waals surface area contributed by atoms with Crippen molar-refractivity contribution in [3.05, 3.63) is 11.6 Å². The molecule has 0 aromatic heterocycles. The van der Waals surface area contributed by atoms with Gasteiger partial charge in [0, 0.05) is 27.1 Å². The number of allylic oxidation sites excluding steroid dienone is 1. The highest BCUT2D eigenvalue weighted by Crippen LogP contribution is 2.31. The predicted molar refractivity (Wildman–Crippen MR) is 82.3 cm³/mol. The highest BCUT2D eigenvalue weighted by atomic mass is 16.7. The van der Waals surface area contributed by atoms with Crippen molar-refractivity contribution in [2.75, 3.05) is 20.8 Å². The monoisotopic (exact) mass is 289 g/mol. The third-order valence-electron chi connectivity index (χ3n) is 3.97. The van der Waals surface area contributed by atoms with Gasteiger partial charge < -0.3 is 14.8 Å². The highest BCUT2D eigenvalue weighted by Gasteiger charge is 2.33. The molecule has 7 heteroatoms. The Labute approximate surface area is 123 Å². The van der Waals surface area contributed by atoms with Crippen LogP contribution in [0.15, 0.2) is 31.6 Å². The number of fused-ring (bicyclic) bond motifs is 1. The summed E-state index contributed by atoms with van der Waals surface area (Å²) in [5.74, 6) is 0.956. The summed E-state index contributed by atoms with van der Waals surface area (Å²) in [6.45, 7) is 0.584. The second kappa shape index (κ2) is 5.87. The lowest BCUT2D eigenvalue weighted by atomic mass is 9.93. The van der Waals surface area contributed by atoms with Gasteiger partial charge in [-0.3, -0.25) is 9.98 Å². The van der Waals surface area contributed by atoms with Crippen LogP contribution in [0.25, 0.3) is 0 Å². The lowest BCUT2D eigenvalue weighted by molar-refractivity contribution is -0.211. The molecule has 3 aliphatic rings. The molecule has 0 bridgehead atoms. The summed E-state index contributed by atoms with van der Waals surface area (Å²) < 4.78 is 11.1. The standard InChI is InChI=1S/C14H19N5O2/c1-20-14(21-2)5-3-4-10(6-14)7-15-12-11-13(17-8-16-11)19-9-18-12/h4,8-9,11H,3,5-7H2,1-2H3,(H,15,16,17,18,19). The molecule has 1 atom stereocenters. The summed E-state index contributed by atoms with van der Waals surface area (Å²) in [4.78, 5) is 17.2. The van der Waals surface area contributed by atoms with Gasteiger partial charge in [-0.2, -0.15) is 0 Å². The second-order valence-corrected chi connectivity index (χ2v) is 5.16. The van der Waals surface area contributed by atoms with Crippen LogP contribution in [0.1, 0.15) is 19.3 Å². The molecule has 0 amide bonds.